The van der Waals surface area contributed by atoms with Crippen molar-refractivity contribution in [3.63, 3.8) is 0 Å². The van der Waals surface area contributed by atoms with Crippen molar-refractivity contribution >= 4 is 40.0 Å². The van der Waals surface area contributed by atoms with Crippen LogP contribution in [0, 0.1) is 3.57 Å². The molecule has 29 heavy (non-hydrogen) atoms. The molecule has 0 atom stereocenters. The van der Waals surface area contributed by atoms with Gasteiger partial charge >= 0.3 is 6.36 Å². The molecule has 1 heterocycles. The molecule has 0 saturated heterocycles. The lowest BCUT2D eigenvalue weighted by molar-refractivity contribution is -0.274. The SMILES string of the molecule is OCCNc1nc(Nc2ccccc2I)cc(-c2cccc(OC(F)(F)F)c2)n1. The van der Waals surface area contributed by atoms with E-state index < -0.39 is 6.36 Å². The summed E-state index contributed by atoms with van der Waals surface area (Å²) in [6, 6.07) is 14.7. The molecule has 2 aromatic carbocycles. The third kappa shape index (κ3) is 6.19. The Labute approximate surface area is 178 Å². The highest BCUT2D eigenvalue weighted by Gasteiger charge is 2.31. The van der Waals surface area contributed by atoms with Crippen LogP contribution in [0.25, 0.3) is 11.3 Å². The van der Waals surface area contributed by atoms with Crippen molar-refractivity contribution in [2.45, 2.75) is 6.36 Å². The van der Waals surface area contributed by atoms with Crippen LogP contribution >= 0.6 is 22.6 Å². The van der Waals surface area contributed by atoms with Gasteiger partial charge in [-0.2, -0.15) is 4.98 Å². The lowest BCUT2D eigenvalue weighted by Crippen LogP contribution is -2.17. The maximum atomic E-state index is 12.5. The maximum Gasteiger partial charge on any atom is 0.573 e. The van der Waals surface area contributed by atoms with E-state index in [9.17, 15) is 13.2 Å². The number of nitrogens with one attached hydrogen (secondary N) is 2. The highest BCUT2D eigenvalue weighted by atomic mass is 127. The second-order valence-corrected chi connectivity index (χ2v) is 6.96. The van der Waals surface area contributed by atoms with Gasteiger partial charge < -0.3 is 20.5 Å². The minimum absolute atomic E-state index is 0.123. The standard InChI is InChI=1S/C19H16F3IN4O2/c20-19(21,22)29-13-5-3-4-12(10-13)16-11-17(27-18(26-16)24-8-9-28)25-15-7-2-1-6-14(15)23/h1-7,10-11,28H,8-9H2,(H2,24,25,26,27). The number of halogens is 4. The third-order valence-electron chi connectivity index (χ3n) is 3.62. The normalized spacial score (nSPS) is 11.2. The zero-order valence-corrected chi connectivity index (χ0v) is 17.0. The summed E-state index contributed by atoms with van der Waals surface area (Å²) in [5.41, 5.74) is 1.63. The molecule has 0 saturated carbocycles. The molecule has 3 N–H and O–H groups in total. The first kappa shape index (κ1) is 21.1. The van der Waals surface area contributed by atoms with E-state index in [1.54, 1.807) is 12.1 Å². The lowest BCUT2D eigenvalue weighted by atomic mass is 10.1. The van der Waals surface area contributed by atoms with Crippen LogP contribution in [-0.4, -0.2) is 34.6 Å². The first-order chi connectivity index (χ1) is 13.8. The molecule has 10 heteroatoms. The van der Waals surface area contributed by atoms with Crippen LogP contribution in [0.5, 0.6) is 5.75 Å². The molecule has 0 radical (unpaired) electrons. The van der Waals surface area contributed by atoms with Crippen LogP contribution < -0.4 is 15.4 Å². The van der Waals surface area contributed by atoms with Gasteiger partial charge in [0.1, 0.15) is 11.6 Å². The molecule has 152 valence electrons. The summed E-state index contributed by atoms with van der Waals surface area (Å²) in [5.74, 6) is 0.333. The van der Waals surface area contributed by atoms with E-state index in [-0.39, 0.29) is 24.8 Å². The molecule has 3 aromatic rings. The molecule has 3 rings (SSSR count). The van der Waals surface area contributed by atoms with E-state index in [4.69, 9.17) is 5.11 Å². The minimum atomic E-state index is -4.78. The van der Waals surface area contributed by atoms with Crippen LogP contribution in [-0.2, 0) is 0 Å². The highest BCUT2D eigenvalue weighted by Crippen LogP contribution is 2.30. The zero-order valence-electron chi connectivity index (χ0n) is 14.9. The minimum Gasteiger partial charge on any atom is -0.406 e. The molecule has 0 aliphatic heterocycles. The van der Waals surface area contributed by atoms with Crippen molar-refractivity contribution in [1.82, 2.24) is 9.97 Å². The van der Waals surface area contributed by atoms with Gasteiger partial charge in [-0.15, -0.1) is 13.2 Å². The fraction of sp³-hybridized carbons (Fsp3) is 0.158. The summed E-state index contributed by atoms with van der Waals surface area (Å²) in [6.45, 7) is 0.102. The quantitative estimate of drug-likeness (QED) is 0.392. The molecular weight excluding hydrogens is 500 g/mol. The number of aromatic nitrogens is 2. The Morgan fingerprint density at radius 1 is 1.03 bits per heavy atom. The van der Waals surface area contributed by atoms with Gasteiger partial charge in [-0.3, -0.25) is 0 Å². The first-order valence-electron chi connectivity index (χ1n) is 8.45. The second kappa shape index (κ2) is 9.27. The summed E-state index contributed by atoms with van der Waals surface area (Å²) < 4.78 is 42.6. The van der Waals surface area contributed by atoms with Gasteiger partial charge in [0.15, 0.2) is 0 Å². The van der Waals surface area contributed by atoms with Crippen molar-refractivity contribution in [3.8, 4) is 17.0 Å². The summed E-state index contributed by atoms with van der Waals surface area (Å²) in [4.78, 5) is 8.69. The maximum absolute atomic E-state index is 12.5. The molecule has 1 aromatic heterocycles. The predicted octanol–water partition coefficient (Wildman–Crippen LogP) is 4.79. The molecular formula is C19H16F3IN4O2. The molecule has 0 spiro atoms. The molecule has 0 aliphatic rings. The van der Waals surface area contributed by atoms with Gasteiger partial charge in [-0.1, -0.05) is 24.3 Å². The molecule has 0 bridgehead atoms. The van der Waals surface area contributed by atoms with E-state index in [1.165, 1.54) is 18.2 Å². The van der Waals surface area contributed by atoms with Crippen LogP contribution in [0.3, 0.4) is 0 Å². The predicted molar refractivity (Wildman–Crippen MR) is 112 cm³/mol. The second-order valence-electron chi connectivity index (χ2n) is 5.79. The first-order valence-corrected chi connectivity index (χ1v) is 9.53. The number of hydrogen-bond acceptors (Lipinski definition) is 6. The Balaban J connectivity index is 1.97. The number of hydrogen-bond donors (Lipinski definition) is 3. The van der Waals surface area contributed by atoms with Gasteiger partial charge in [0, 0.05) is 21.7 Å². The van der Waals surface area contributed by atoms with Crippen LogP contribution in [0.15, 0.2) is 54.6 Å². The number of para-hydroxylation sites is 1. The van der Waals surface area contributed by atoms with Crippen LogP contribution in [0.1, 0.15) is 0 Å². The van der Waals surface area contributed by atoms with Crippen molar-refractivity contribution in [3.05, 3.63) is 58.2 Å². The summed E-state index contributed by atoms with van der Waals surface area (Å²) in [5, 5.41) is 15.1. The van der Waals surface area contributed by atoms with Gasteiger partial charge in [0.2, 0.25) is 5.95 Å². The largest absolute Gasteiger partial charge is 0.573 e. The average Bonchev–Trinajstić information content (AvgIpc) is 2.67. The molecule has 0 fully saturated rings. The number of ether oxygens (including phenoxy) is 1. The average molecular weight is 516 g/mol. The molecule has 6 nitrogen and oxygen atoms in total. The van der Waals surface area contributed by atoms with E-state index in [2.05, 4.69) is 47.9 Å². The fourth-order valence-corrected chi connectivity index (χ4v) is 2.98. The molecule has 0 unspecified atom stereocenters. The molecule has 0 aliphatic carbocycles. The Kier molecular flexibility index (Phi) is 6.75. The van der Waals surface area contributed by atoms with Crippen molar-refractivity contribution < 1.29 is 23.0 Å². The summed E-state index contributed by atoms with van der Waals surface area (Å²) in [7, 11) is 0. The van der Waals surface area contributed by atoms with Crippen molar-refractivity contribution in [2.24, 2.45) is 0 Å². The number of benzene rings is 2. The monoisotopic (exact) mass is 516 g/mol. The number of anilines is 3. The number of aliphatic hydroxyl groups excluding tert-OH is 1. The summed E-state index contributed by atoms with van der Waals surface area (Å²) >= 11 is 2.18. The van der Waals surface area contributed by atoms with E-state index in [0.29, 0.717) is 17.1 Å². The van der Waals surface area contributed by atoms with Crippen molar-refractivity contribution in [2.75, 3.05) is 23.8 Å². The smallest absolute Gasteiger partial charge is 0.406 e. The Bertz CT molecular complexity index is 986. The van der Waals surface area contributed by atoms with Gasteiger partial charge in [0.25, 0.3) is 0 Å². The van der Waals surface area contributed by atoms with Gasteiger partial charge in [-0.25, -0.2) is 4.98 Å². The van der Waals surface area contributed by atoms with E-state index in [0.717, 1.165) is 9.26 Å². The Morgan fingerprint density at radius 2 is 1.83 bits per heavy atom. The topological polar surface area (TPSA) is 79.3 Å². The Hall–Kier alpha value is -2.60. The van der Waals surface area contributed by atoms with E-state index in [1.807, 2.05) is 24.3 Å². The number of nitrogens with zero attached hydrogens (tertiary/aromatic N) is 2. The van der Waals surface area contributed by atoms with E-state index >= 15 is 0 Å². The number of aliphatic hydroxyl groups is 1. The zero-order chi connectivity index (χ0) is 20.9. The number of alkyl halides is 3. The van der Waals surface area contributed by atoms with Crippen LogP contribution in [0.4, 0.5) is 30.6 Å². The lowest BCUT2D eigenvalue weighted by Gasteiger charge is -2.13. The molecule has 0 amide bonds. The Morgan fingerprint density at radius 3 is 2.55 bits per heavy atom. The number of rotatable bonds is 7. The van der Waals surface area contributed by atoms with Gasteiger partial charge in [-0.05, 0) is 46.9 Å². The highest BCUT2D eigenvalue weighted by molar-refractivity contribution is 14.1. The van der Waals surface area contributed by atoms with Gasteiger partial charge in [0.05, 0.1) is 18.0 Å². The third-order valence-corrected chi connectivity index (χ3v) is 4.56. The van der Waals surface area contributed by atoms with Crippen molar-refractivity contribution in [1.29, 1.82) is 0 Å². The van der Waals surface area contributed by atoms with Crippen LogP contribution in [0.2, 0.25) is 0 Å². The fourth-order valence-electron chi connectivity index (χ4n) is 2.46. The summed E-state index contributed by atoms with van der Waals surface area (Å²) in [6.07, 6.45) is -4.78.